The summed E-state index contributed by atoms with van der Waals surface area (Å²) in [7, 11) is -4.38. The van der Waals surface area contributed by atoms with Gasteiger partial charge in [0.05, 0.1) is 34.4 Å². The summed E-state index contributed by atoms with van der Waals surface area (Å²) in [6, 6.07) is 3.09. The number of aliphatic hydroxyl groups is 1. The van der Waals surface area contributed by atoms with Crippen LogP contribution in [0.1, 0.15) is 13.3 Å². The molecular formula is C20H19ClFNO9S. The zero-order chi connectivity index (χ0) is 24.0. The summed E-state index contributed by atoms with van der Waals surface area (Å²) in [5.41, 5.74) is -0.485. The minimum Gasteiger partial charge on any atom is -0.462 e. The normalized spacial score (nSPS) is 28.7. The Bertz CT molecular complexity index is 1170. The number of ether oxygens (including phenoxy) is 4. The highest BCUT2D eigenvalue weighted by molar-refractivity contribution is 7.96. The third-order valence-corrected chi connectivity index (χ3v) is 6.94. The summed E-state index contributed by atoms with van der Waals surface area (Å²) in [6.45, 7) is 0.999. The molecule has 2 heterocycles. The molecular weight excluding hydrogens is 485 g/mol. The molecule has 2 N–H and O–H groups in total. The van der Waals surface area contributed by atoms with Crippen LogP contribution >= 0.6 is 11.6 Å². The number of aliphatic hydroxyl groups excluding tert-OH is 1. The van der Waals surface area contributed by atoms with Crippen LogP contribution in [0.5, 0.6) is 0 Å². The minimum absolute atomic E-state index is 0.0421. The van der Waals surface area contributed by atoms with Crippen molar-refractivity contribution in [3.63, 3.8) is 0 Å². The van der Waals surface area contributed by atoms with Gasteiger partial charge < -0.3 is 24.1 Å². The van der Waals surface area contributed by atoms with E-state index in [9.17, 15) is 27.5 Å². The van der Waals surface area contributed by atoms with Crippen LogP contribution in [0.2, 0.25) is 5.02 Å². The Kier molecular flexibility index (Phi) is 6.22. The largest absolute Gasteiger partial charge is 0.462 e. The summed E-state index contributed by atoms with van der Waals surface area (Å²) < 4.78 is 63.2. The van der Waals surface area contributed by atoms with Gasteiger partial charge >= 0.3 is 11.9 Å². The van der Waals surface area contributed by atoms with Gasteiger partial charge in [-0.2, -0.15) is 0 Å². The Morgan fingerprint density at radius 2 is 2.15 bits per heavy atom. The van der Waals surface area contributed by atoms with E-state index in [0.29, 0.717) is 0 Å². The first kappa shape index (κ1) is 23.6. The lowest BCUT2D eigenvalue weighted by molar-refractivity contribution is -0.183. The zero-order valence-electron chi connectivity index (χ0n) is 17.1. The highest BCUT2D eigenvalue weighted by atomic mass is 35.5. The molecule has 0 amide bonds. The predicted octanol–water partition coefficient (Wildman–Crippen LogP) is 1.40. The molecule has 0 bridgehead atoms. The highest BCUT2D eigenvalue weighted by Gasteiger charge is 2.59. The van der Waals surface area contributed by atoms with Crippen molar-refractivity contribution in [1.29, 1.82) is 0 Å². The fraction of sp³-hybridized carbons (Fsp3) is 0.400. The van der Waals surface area contributed by atoms with E-state index in [0.717, 1.165) is 24.3 Å². The lowest BCUT2D eigenvalue weighted by Gasteiger charge is -2.30. The summed E-state index contributed by atoms with van der Waals surface area (Å²) in [4.78, 5) is 24.3. The van der Waals surface area contributed by atoms with Gasteiger partial charge in [0.2, 0.25) is 0 Å². The number of hydrogen-bond acceptors (Lipinski definition) is 9. The van der Waals surface area contributed by atoms with Crippen molar-refractivity contribution in [2.24, 2.45) is 0 Å². The number of carbonyl (C=O) groups is 2. The van der Waals surface area contributed by atoms with Gasteiger partial charge in [-0.1, -0.05) is 17.7 Å². The smallest absolute Gasteiger partial charge is 0.339 e. The number of anilines is 1. The molecule has 0 saturated carbocycles. The Hall–Kier alpha value is -2.51. The first-order valence-electron chi connectivity index (χ1n) is 9.84. The fourth-order valence-electron chi connectivity index (χ4n) is 3.73. The first-order valence-corrected chi connectivity index (χ1v) is 11.7. The molecule has 2 aliphatic heterocycles. The van der Waals surface area contributed by atoms with Gasteiger partial charge in [-0.05, 0) is 31.2 Å². The molecule has 3 aliphatic rings. The van der Waals surface area contributed by atoms with Gasteiger partial charge in [0, 0.05) is 6.42 Å². The number of benzene rings is 1. The number of fused-ring (bicyclic) bond motifs is 1. The second kappa shape index (κ2) is 8.69. The molecule has 1 aromatic rings. The van der Waals surface area contributed by atoms with E-state index in [1.54, 1.807) is 6.92 Å². The standard InChI is InChI=1S/C20H19ClFNO9S/c1-2-29-18(25)11-8-20(31-16-14(9-24)30-19(26)17(16)32-20)6-5-15(11)33(27,28)23-13-4-3-10(22)7-12(13)21/h3-5,7-8,14,16-17,23-24H,2,6,9H2,1H3/t14-,16-,17-,20?/m1/s1. The van der Waals surface area contributed by atoms with E-state index in [4.69, 9.17) is 30.5 Å². The van der Waals surface area contributed by atoms with Crippen molar-refractivity contribution in [2.45, 2.75) is 37.4 Å². The SMILES string of the molecule is CCOC(=O)C1=CC2(CC=C1S(=O)(=O)Nc1ccc(F)cc1Cl)O[C@@H]1[C@@H](CO)OC(=O)[C@@H]1O2. The van der Waals surface area contributed by atoms with Crippen molar-refractivity contribution in [3.05, 3.63) is 51.7 Å². The quantitative estimate of drug-likeness (QED) is 0.551. The maximum Gasteiger partial charge on any atom is 0.339 e. The van der Waals surface area contributed by atoms with Gasteiger partial charge in [-0.3, -0.25) is 4.72 Å². The van der Waals surface area contributed by atoms with E-state index in [1.807, 2.05) is 0 Å². The molecule has 4 atom stereocenters. The van der Waals surface area contributed by atoms with E-state index < -0.39 is 63.4 Å². The predicted molar refractivity (Wildman–Crippen MR) is 111 cm³/mol. The third kappa shape index (κ3) is 4.36. The minimum atomic E-state index is -4.38. The van der Waals surface area contributed by atoms with Crippen molar-refractivity contribution in [1.82, 2.24) is 0 Å². The second-order valence-corrected chi connectivity index (χ2v) is 9.43. The molecule has 1 spiro atoms. The molecule has 13 heteroatoms. The molecule has 2 fully saturated rings. The molecule has 0 radical (unpaired) electrons. The van der Waals surface area contributed by atoms with Gasteiger partial charge in [-0.25, -0.2) is 22.4 Å². The lowest BCUT2D eigenvalue weighted by Crippen LogP contribution is -2.37. The number of esters is 2. The van der Waals surface area contributed by atoms with Gasteiger partial charge in [0.1, 0.15) is 11.9 Å². The summed E-state index contributed by atoms with van der Waals surface area (Å²) >= 11 is 5.92. The topological polar surface area (TPSA) is 137 Å². The summed E-state index contributed by atoms with van der Waals surface area (Å²) in [6.07, 6.45) is -0.910. The van der Waals surface area contributed by atoms with Crippen LogP contribution in [0.15, 0.2) is 40.8 Å². The molecule has 10 nitrogen and oxygen atoms in total. The van der Waals surface area contributed by atoms with Crippen molar-refractivity contribution >= 4 is 39.3 Å². The Morgan fingerprint density at radius 3 is 2.82 bits per heavy atom. The van der Waals surface area contributed by atoms with E-state index in [1.165, 1.54) is 6.08 Å². The monoisotopic (exact) mass is 503 g/mol. The number of sulfonamides is 1. The van der Waals surface area contributed by atoms with E-state index in [-0.39, 0.29) is 29.3 Å². The zero-order valence-corrected chi connectivity index (χ0v) is 18.7. The fourth-order valence-corrected chi connectivity index (χ4v) is 5.32. The average molecular weight is 504 g/mol. The van der Waals surface area contributed by atoms with Crippen LogP contribution in [0.25, 0.3) is 0 Å². The van der Waals surface area contributed by atoms with Gasteiger partial charge in [0.25, 0.3) is 10.0 Å². The Labute approximate surface area is 192 Å². The summed E-state index contributed by atoms with van der Waals surface area (Å²) in [5, 5.41) is 9.24. The molecule has 178 valence electrons. The van der Waals surface area contributed by atoms with E-state index >= 15 is 0 Å². The number of hydrogen-bond donors (Lipinski definition) is 2. The molecule has 0 aromatic heterocycles. The molecule has 1 unspecified atom stereocenters. The molecule has 1 aromatic carbocycles. The molecule has 1 aliphatic carbocycles. The second-order valence-electron chi connectivity index (χ2n) is 7.37. The summed E-state index contributed by atoms with van der Waals surface area (Å²) in [5.74, 6) is -4.01. The van der Waals surface area contributed by atoms with Crippen LogP contribution in [-0.2, 0) is 38.6 Å². The maximum atomic E-state index is 13.3. The lowest BCUT2D eigenvalue weighted by atomic mass is 10.0. The highest BCUT2D eigenvalue weighted by Crippen LogP contribution is 2.43. The van der Waals surface area contributed by atoms with Crippen LogP contribution < -0.4 is 4.72 Å². The number of halogens is 2. The Balaban J connectivity index is 1.67. The Morgan fingerprint density at radius 1 is 1.39 bits per heavy atom. The van der Waals surface area contributed by atoms with Crippen LogP contribution in [-0.4, -0.2) is 62.8 Å². The van der Waals surface area contributed by atoms with E-state index in [2.05, 4.69) is 4.72 Å². The number of rotatable bonds is 6. The number of cyclic esters (lactones) is 1. The van der Waals surface area contributed by atoms with Crippen LogP contribution in [0, 0.1) is 5.82 Å². The number of nitrogens with one attached hydrogen (secondary N) is 1. The third-order valence-electron chi connectivity index (χ3n) is 5.17. The van der Waals surface area contributed by atoms with Crippen LogP contribution in [0.4, 0.5) is 10.1 Å². The first-order chi connectivity index (χ1) is 15.6. The van der Waals surface area contributed by atoms with Crippen molar-refractivity contribution in [3.8, 4) is 0 Å². The van der Waals surface area contributed by atoms with Gasteiger partial charge in [-0.15, -0.1) is 0 Å². The van der Waals surface area contributed by atoms with Crippen LogP contribution in [0.3, 0.4) is 0 Å². The van der Waals surface area contributed by atoms with Crippen molar-refractivity contribution in [2.75, 3.05) is 17.9 Å². The van der Waals surface area contributed by atoms with Gasteiger partial charge in [0.15, 0.2) is 18.0 Å². The molecule has 33 heavy (non-hydrogen) atoms. The number of carbonyl (C=O) groups excluding carboxylic acids is 2. The maximum absolute atomic E-state index is 13.3. The average Bonchev–Trinajstić information content (AvgIpc) is 3.25. The molecule has 2 saturated heterocycles. The van der Waals surface area contributed by atoms with Crippen molar-refractivity contribution < 1.29 is 46.5 Å². The molecule has 4 rings (SSSR count).